The number of rotatable bonds is 9. The third kappa shape index (κ3) is 5.32. The molecule has 0 atom stereocenters. The molecule has 3 aromatic rings. The molecular formula is C27H28FNO2. The van der Waals surface area contributed by atoms with Crippen molar-refractivity contribution in [3.05, 3.63) is 94.8 Å². The summed E-state index contributed by atoms with van der Waals surface area (Å²) in [4.78, 5) is 13.0. The van der Waals surface area contributed by atoms with E-state index in [1.54, 1.807) is 12.1 Å². The first-order valence-electron chi connectivity index (χ1n) is 11.0. The Balaban J connectivity index is 1.47. The van der Waals surface area contributed by atoms with Crippen LogP contribution in [0.25, 0.3) is 0 Å². The molecule has 1 aliphatic heterocycles. The van der Waals surface area contributed by atoms with Gasteiger partial charge in [0.2, 0.25) is 0 Å². The quantitative estimate of drug-likeness (QED) is 0.429. The van der Waals surface area contributed by atoms with Crippen LogP contribution in [0.2, 0.25) is 0 Å². The molecule has 3 nitrogen and oxygen atoms in total. The van der Waals surface area contributed by atoms with Crippen LogP contribution in [-0.4, -0.2) is 19.4 Å². The lowest BCUT2D eigenvalue weighted by Crippen LogP contribution is -2.32. The van der Waals surface area contributed by atoms with E-state index >= 15 is 0 Å². The van der Waals surface area contributed by atoms with E-state index in [1.807, 2.05) is 6.07 Å². The van der Waals surface area contributed by atoms with Crippen LogP contribution in [0, 0.1) is 5.82 Å². The second kappa shape index (κ2) is 10.3. The summed E-state index contributed by atoms with van der Waals surface area (Å²) >= 11 is 0. The monoisotopic (exact) mass is 417 g/mol. The summed E-state index contributed by atoms with van der Waals surface area (Å²) in [5, 5.41) is 0. The summed E-state index contributed by atoms with van der Waals surface area (Å²) in [6, 6.07) is 21.9. The zero-order chi connectivity index (χ0) is 21.5. The van der Waals surface area contributed by atoms with Gasteiger partial charge in [-0.3, -0.25) is 0 Å². The zero-order valence-electron chi connectivity index (χ0n) is 17.7. The Kier molecular flexibility index (Phi) is 6.98. The van der Waals surface area contributed by atoms with Gasteiger partial charge < -0.3 is 14.4 Å². The van der Waals surface area contributed by atoms with E-state index < -0.39 is 0 Å². The zero-order valence-corrected chi connectivity index (χ0v) is 17.7. The minimum Gasteiger partial charge on any atom is -0.489 e. The molecule has 1 aliphatic rings. The van der Waals surface area contributed by atoms with Gasteiger partial charge in [-0.05, 0) is 48.4 Å². The first kappa shape index (κ1) is 21.1. The molecule has 0 aromatic heterocycles. The molecule has 4 heteroatoms. The molecule has 0 saturated heterocycles. The van der Waals surface area contributed by atoms with E-state index in [2.05, 4.69) is 47.4 Å². The van der Waals surface area contributed by atoms with Gasteiger partial charge in [-0.25, -0.2) is 4.39 Å². The number of ether oxygens (including phenoxy) is 1. The lowest BCUT2D eigenvalue weighted by molar-refractivity contribution is -0.107. The summed E-state index contributed by atoms with van der Waals surface area (Å²) in [5.74, 6) is 0.190. The Morgan fingerprint density at radius 1 is 0.968 bits per heavy atom. The van der Waals surface area contributed by atoms with Crippen LogP contribution in [0.4, 0.5) is 10.1 Å². The average molecular weight is 418 g/mol. The molecular weight excluding hydrogens is 389 g/mol. The topological polar surface area (TPSA) is 29.5 Å². The maximum absolute atomic E-state index is 14.3. The Bertz CT molecular complexity index is 1020. The highest BCUT2D eigenvalue weighted by molar-refractivity contribution is 5.61. The molecule has 0 unspecified atom stereocenters. The van der Waals surface area contributed by atoms with Crippen LogP contribution < -0.4 is 9.64 Å². The summed E-state index contributed by atoms with van der Waals surface area (Å²) in [5.41, 5.74) is 5.65. The smallest absolute Gasteiger partial charge is 0.130 e. The van der Waals surface area contributed by atoms with Crippen molar-refractivity contribution < 1.29 is 13.9 Å². The predicted octanol–water partition coefficient (Wildman–Crippen LogP) is 5.53. The second-order valence-corrected chi connectivity index (χ2v) is 8.00. The number of hydrogen-bond donors (Lipinski definition) is 0. The molecule has 31 heavy (non-hydrogen) atoms. The number of aldehydes is 1. The van der Waals surface area contributed by atoms with Crippen molar-refractivity contribution in [1.82, 2.24) is 0 Å². The van der Waals surface area contributed by atoms with Gasteiger partial charge in [0.25, 0.3) is 0 Å². The summed E-state index contributed by atoms with van der Waals surface area (Å²) in [7, 11) is 0. The molecule has 4 rings (SSSR count). The minimum absolute atomic E-state index is 0.320. The molecule has 0 N–H and O–H groups in total. The van der Waals surface area contributed by atoms with Crippen LogP contribution in [0.3, 0.4) is 0 Å². The van der Waals surface area contributed by atoms with Gasteiger partial charge in [-0.1, -0.05) is 54.6 Å². The molecule has 0 radical (unpaired) electrons. The van der Waals surface area contributed by atoms with E-state index in [1.165, 1.54) is 22.9 Å². The van der Waals surface area contributed by atoms with Crippen molar-refractivity contribution >= 4 is 12.0 Å². The van der Waals surface area contributed by atoms with Crippen LogP contribution >= 0.6 is 0 Å². The van der Waals surface area contributed by atoms with Crippen molar-refractivity contribution in [2.75, 3.05) is 18.0 Å². The third-order valence-corrected chi connectivity index (χ3v) is 5.86. The summed E-state index contributed by atoms with van der Waals surface area (Å²) in [6.45, 7) is 2.41. The highest BCUT2D eigenvalue weighted by Gasteiger charge is 2.20. The SMILES string of the molecule is O=CCCc1ccc(OCc2cccc3c2N(CCc2ccccc2)CCC3)cc1F. The lowest BCUT2D eigenvalue weighted by Gasteiger charge is -2.33. The standard InChI is InChI=1S/C27H28FNO2/c28-26-19-25(14-13-22(26)12-6-18-30)31-20-24-10-4-9-23-11-5-16-29(27(23)24)17-15-21-7-2-1-3-8-21/h1-4,7-10,13-14,18-19H,5-6,11-12,15-17,20H2. The minimum atomic E-state index is -0.320. The maximum atomic E-state index is 14.3. The predicted molar refractivity (Wildman–Crippen MR) is 122 cm³/mol. The third-order valence-electron chi connectivity index (χ3n) is 5.86. The molecule has 3 aromatic carbocycles. The van der Waals surface area contributed by atoms with Crippen LogP contribution in [0.15, 0.2) is 66.7 Å². The number of halogens is 1. The van der Waals surface area contributed by atoms with Gasteiger partial charge in [0.1, 0.15) is 24.5 Å². The van der Waals surface area contributed by atoms with E-state index in [0.29, 0.717) is 30.8 Å². The second-order valence-electron chi connectivity index (χ2n) is 8.00. The fourth-order valence-corrected chi connectivity index (χ4v) is 4.27. The lowest BCUT2D eigenvalue weighted by atomic mass is 9.97. The fraction of sp³-hybridized carbons (Fsp3) is 0.296. The summed E-state index contributed by atoms with van der Waals surface area (Å²) < 4.78 is 20.3. The number of carbonyl (C=O) groups is 1. The largest absolute Gasteiger partial charge is 0.489 e. The molecule has 160 valence electrons. The van der Waals surface area contributed by atoms with Crippen molar-refractivity contribution in [2.24, 2.45) is 0 Å². The van der Waals surface area contributed by atoms with Gasteiger partial charge in [0.05, 0.1) is 0 Å². The number of aryl methyl sites for hydroxylation is 2. The fourth-order valence-electron chi connectivity index (χ4n) is 4.27. The number of para-hydroxylation sites is 1. The maximum Gasteiger partial charge on any atom is 0.130 e. The molecule has 0 spiro atoms. The normalized spacial score (nSPS) is 13.0. The van der Waals surface area contributed by atoms with Crippen molar-refractivity contribution in [2.45, 2.75) is 38.7 Å². The number of hydrogen-bond acceptors (Lipinski definition) is 3. The van der Waals surface area contributed by atoms with Gasteiger partial charge in [-0.15, -0.1) is 0 Å². The molecule has 0 saturated carbocycles. The Hall–Kier alpha value is -3.14. The van der Waals surface area contributed by atoms with E-state index in [4.69, 9.17) is 4.74 Å². The van der Waals surface area contributed by atoms with Crippen molar-refractivity contribution in [1.29, 1.82) is 0 Å². The highest BCUT2D eigenvalue weighted by Crippen LogP contribution is 2.32. The van der Waals surface area contributed by atoms with Crippen LogP contribution in [0.1, 0.15) is 35.1 Å². The number of nitrogens with zero attached hydrogens (tertiary/aromatic N) is 1. The Labute approximate surface area is 183 Å². The Morgan fingerprint density at radius 2 is 1.84 bits per heavy atom. The van der Waals surface area contributed by atoms with Gasteiger partial charge >= 0.3 is 0 Å². The van der Waals surface area contributed by atoms with Crippen molar-refractivity contribution in [3.63, 3.8) is 0 Å². The summed E-state index contributed by atoms with van der Waals surface area (Å²) in [6.07, 6.45) is 4.78. The Morgan fingerprint density at radius 3 is 2.65 bits per heavy atom. The number of carbonyl (C=O) groups excluding carboxylic acids is 1. The first-order valence-corrected chi connectivity index (χ1v) is 11.0. The molecule has 0 aliphatic carbocycles. The molecule has 1 heterocycles. The number of anilines is 1. The van der Waals surface area contributed by atoms with E-state index in [0.717, 1.165) is 44.2 Å². The average Bonchev–Trinajstić information content (AvgIpc) is 2.81. The van der Waals surface area contributed by atoms with Gasteiger partial charge in [-0.2, -0.15) is 0 Å². The number of fused-ring (bicyclic) bond motifs is 1. The molecule has 0 bridgehead atoms. The van der Waals surface area contributed by atoms with Crippen LogP contribution in [0.5, 0.6) is 5.75 Å². The van der Waals surface area contributed by atoms with E-state index in [-0.39, 0.29) is 5.82 Å². The van der Waals surface area contributed by atoms with Crippen molar-refractivity contribution in [3.8, 4) is 5.75 Å². The number of benzene rings is 3. The highest BCUT2D eigenvalue weighted by atomic mass is 19.1. The van der Waals surface area contributed by atoms with Crippen LogP contribution in [-0.2, 0) is 30.7 Å². The van der Waals surface area contributed by atoms with Gasteiger partial charge in [0, 0.05) is 36.8 Å². The molecule has 0 fully saturated rings. The first-order chi connectivity index (χ1) is 15.2. The van der Waals surface area contributed by atoms with E-state index in [9.17, 15) is 9.18 Å². The molecule has 0 amide bonds. The van der Waals surface area contributed by atoms with Gasteiger partial charge in [0.15, 0.2) is 0 Å².